The van der Waals surface area contributed by atoms with E-state index in [-0.39, 0.29) is 12.6 Å². The summed E-state index contributed by atoms with van der Waals surface area (Å²) < 4.78 is 0. The lowest BCUT2D eigenvalue weighted by molar-refractivity contribution is 0.255. The minimum Gasteiger partial charge on any atom is -0.395 e. The number of nitrogens with one attached hydrogen (secondary N) is 1. The fourth-order valence-electron chi connectivity index (χ4n) is 0.958. The highest BCUT2D eigenvalue weighted by Crippen LogP contribution is 1.94. The molecule has 1 atom stereocenters. The van der Waals surface area contributed by atoms with Gasteiger partial charge in [-0.05, 0) is 19.1 Å². The van der Waals surface area contributed by atoms with E-state index in [1.165, 1.54) is 0 Å². The predicted octanol–water partition coefficient (Wildman–Crippen LogP) is 1.01. The van der Waals surface area contributed by atoms with Crippen molar-refractivity contribution in [3.8, 4) is 11.8 Å². The maximum atomic E-state index is 8.74. The van der Waals surface area contributed by atoms with E-state index in [1.807, 2.05) is 37.3 Å². The van der Waals surface area contributed by atoms with E-state index in [9.17, 15) is 0 Å². The summed E-state index contributed by atoms with van der Waals surface area (Å²) >= 11 is 0. The first-order valence-electron chi connectivity index (χ1n) is 4.71. The molecule has 2 N–H and O–H groups in total. The van der Waals surface area contributed by atoms with Crippen molar-refractivity contribution >= 4 is 0 Å². The molecule has 0 aliphatic carbocycles. The second kappa shape index (κ2) is 6.20. The number of aliphatic hydroxyl groups excluding tert-OH is 1. The highest BCUT2D eigenvalue weighted by Gasteiger charge is 1.93. The summed E-state index contributed by atoms with van der Waals surface area (Å²) in [6.07, 6.45) is 0. The molecule has 0 saturated carbocycles. The first kappa shape index (κ1) is 10.8. The molecular weight excluding hydrogens is 174 g/mol. The van der Waals surface area contributed by atoms with Gasteiger partial charge in [-0.1, -0.05) is 30.0 Å². The molecule has 0 aliphatic rings. The Hall–Kier alpha value is -1.30. The lowest BCUT2D eigenvalue weighted by atomic mass is 10.2. The molecule has 1 unspecified atom stereocenters. The van der Waals surface area contributed by atoms with E-state index in [0.717, 1.165) is 5.56 Å². The molecule has 0 saturated heterocycles. The topological polar surface area (TPSA) is 32.3 Å². The molecule has 0 amide bonds. The number of rotatable bonds is 3. The largest absolute Gasteiger partial charge is 0.395 e. The fraction of sp³-hybridized carbons (Fsp3) is 0.333. The first-order valence-corrected chi connectivity index (χ1v) is 4.71. The van der Waals surface area contributed by atoms with Crippen LogP contribution >= 0.6 is 0 Å². The molecular formula is C12H15NO. The maximum absolute atomic E-state index is 8.74. The molecule has 14 heavy (non-hydrogen) atoms. The van der Waals surface area contributed by atoms with Gasteiger partial charge in [0.25, 0.3) is 0 Å². The molecule has 0 aliphatic heterocycles. The van der Waals surface area contributed by atoms with Crippen LogP contribution in [0.1, 0.15) is 12.5 Å². The normalized spacial score (nSPS) is 11.6. The average molecular weight is 189 g/mol. The van der Waals surface area contributed by atoms with E-state index in [4.69, 9.17) is 5.11 Å². The third kappa shape index (κ3) is 4.08. The smallest absolute Gasteiger partial charge is 0.0583 e. The lowest BCUT2D eigenvalue weighted by Gasteiger charge is -2.05. The third-order valence-electron chi connectivity index (χ3n) is 1.82. The molecule has 1 rings (SSSR count). The highest BCUT2D eigenvalue weighted by molar-refractivity contribution is 5.33. The van der Waals surface area contributed by atoms with Gasteiger partial charge in [-0.15, -0.1) is 0 Å². The van der Waals surface area contributed by atoms with Crippen molar-refractivity contribution in [1.82, 2.24) is 5.32 Å². The number of hydrogen-bond donors (Lipinski definition) is 2. The molecule has 74 valence electrons. The maximum Gasteiger partial charge on any atom is 0.0583 e. The monoisotopic (exact) mass is 189 g/mol. The second-order valence-corrected chi connectivity index (χ2v) is 3.13. The van der Waals surface area contributed by atoms with Crippen molar-refractivity contribution in [3.63, 3.8) is 0 Å². The Balaban J connectivity index is 2.34. The minimum atomic E-state index is 0.111. The fourth-order valence-corrected chi connectivity index (χ4v) is 0.958. The molecule has 2 heteroatoms. The number of benzene rings is 1. The summed E-state index contributed by atoms with van der Waals surface area (Å²) in [5, 5.41) is 11.8. The Kier molecular flexibility index (Phi) is 4.77. The van der Waals surface area contributed by atoms with Gasteiger partial charge in [-0.2, -0.15) is 0 Å². The Bertz CT molecular complexity index is 310. The van der Waals surface area contributed by atoms with E-state index in [0.29, 0.717) is 6.54 Å². The Labute approximate surface area is 85.0 Å². The van der Waals surface area contributed by atoms with Gasteiger partial charge in [0.1, 0.15) is 0 Å². The number of hydrogen-bond acceptors (Lipinski definition) is 2. The lowest BCUT2D eigenvalue weighted by Crippen LogP contribution is -2.29. The Morgan fingerprint density at radius 1 is 1.36 bits per heavy atom. The van der Waals surface area contributed by atoms with Crippen LogP contribution < -0.4 is 5.32 Å². The van der Waals surface area contributed by atoms with Crippen molar-refractivity contribution in [2.75, 3.05) is 13.2 Å². The van der Waals surface area contributed by atoms with Crippen LogP contribution in [0.3, 0.4) is 0 Å². The summed E-state index contributed by atoms with van der Waals surface area (Å²) in [4.78, 5) is 0. The summed E-state index contributed by atoms with van der Waals surface area (Å²) in [7, 11) is 0. The van der Waals surface area contributed by atoms with Crippen molar-refractivity contribution in [1.29, 1.82) is 0 Å². The van der Waals surface area contributed by atoms with Gasteiger partial charge >= 0.3 is 0 Å². The zero-order chi connectivity index (χ0) is 10.2. The van der Waals surface area contributed by atoms with Crippen LogP contribution in [-0.2, 0) is 0 Å². The quantitative estimate of drug-likeness (QED) is 0.695. The van der Waals surface area contributed by atoms with Gasteiger partial charge in [0.2, 0.25) is 0 Å². The summed E-state index contributed by atoms with van der Waals surface area (Å²) in [5.74, 6) is 6.02. The molecule has 0 aromatic heterocycles. The van der Waals surface area contributed by atoms with Crippen LogP contribution in [0.4, 0.5) is 0 Å². The summed E-state index contributed by atoms with van der Waals surface area (Å²) in [6.45, 7) is 2.67. The van der Waals surface area contributed by atoms with Crippen LogP contribution in [0.2, 0.25) is 0 Å². The van der Waals surface area contributed by atoms with Gasteiger partial charge in [0.15, 0.2) is 0 Å². The van der Waals surface area contributed by atoms with E-state index >= 15 is 0 Å². The molecule has 1 aromatic carbocycles. The predicted molar refractivity (Wildman–Crippen MR) is 57.9 cm³/mol. The molecule has 1 aromatic rings. The molecule has 0 bridgehead atoms. The van der Waals surface area contributed by atoms with Crippen molar-refractivity contribution in [2.24, 2.45) is 0 Å². The minimum absolute atomic E-state index is 0.111. The van der Waals surface area contributed by atoms with E-state index in [2.05, 4.69) is 17.2 Å². The van der Waals surface area contributed by atoms with Crippen LogP contribution in [0.15, 0.2) is 30.3 Å². The molecule has 0 radical (unpaired) electrons. The molecule has 2 nitrogen and oxygen atoms in total. The first-order chi connectivity index (χ1) is 6.83. The number of aliphatic hydroxyl groups is 1. The molecule has 0 spiro atoms. The zero-order valence-electron chi connectivity index (χ0n) is 8.33. The van der Waals surface area contributed by atoms with Crippen molar-refractivity contribution in [3.05, 3.63) is 35.9 Å². The summed E-state index contributed by atoms with van der Waals surface area (Å²) in [6, 6.07) is 9.96. The van der Waals surface area contributed by atoms with Crippen molar-refractivity contribution in [2.45, 2.75) is 13.0 Å². The SMILES string of the molecule is CC(CO)NCC#Cc1ccccc1. The summed E-state index contributed by atoms with van der Waals surface area (Å²) in [5.41, 5.74) is 1.02. The van der Waals surface area contributed by atoms with Gasteiger partial charge in [-0.25, -0.2) is 0 Å². The van der Waals surface area contributed by atoms with Crippen LogP contribution in [-0.4, -0.2) is 24.3 Å². The van der Waals surface area contributed by atoms with Gasteiger partial charge < -0.3 is 10.4 Å². The Morgan fingerprint density at radius 3 is 2.71 bits per heavy atom. The van der Waals surface area contributed by atoms with Gasteiger partial charge in [0.05, 0.1) is 13.2 Å². The van der Waals surface area contributed by atoms with Gasteiger partial charge in [-0.3, -0.25) is 0 Å². The standard InChI is InChI=1S/C12H15NO/c1-11(10-14)13-9-5-8-12-6-3-2-4-7-12/h2-4,6-7,11,13-14H,9-10H2,1H3. The van der Waals surface area contributed by atoms with Crippen LogP contribution in [0.25, 0.3) is 0 Å². The van der Waals surface area contributed by atoms with Crippen molar-refractivity contribution < 1.29 is 5.11 Å². The molecule has 0 heterocycles. The average Bonchev–Trinajstić information content (AvgIpc) is 2.25. The highest BCUT2D eigenvalue weighted by atomic mass is 16.3. The molecule has 0 fully saturated rings. The van der Waals surface area contributed by atoms with E-state index < -0.39 is 0 Å². The van der Waals surface area contributed by atoms with E-state index in [1.54, 1.807) is 0 Å². The zero-order valence-corrected chi connectivity index (χ0v) is 8.33. The third-order valence-corrected chi connectivity index (χ3v) is 1.82. The van der Waals surface area contributed by atoms with Gasteiger partial charge in [0, 0.05) is 11.6 Å². The van der Waals surface area contributed by atoms with Crippen LogP contribution in [0, 0.1) is 11.8 Å². The van der Waals surface area contributed by atoms with Crippen LogP contribution in [0.5, 0.6) is 0 Å². The Morgan fingerprint density at radius 2 is 2.07 bits per heavy atom. The second-order valence-electron chi connectivity index (χ2n) is 3.13.